The van der Waals surface area contributed by atoms with Crippen LogP contribution in [0.25, 0.3) is 0 Å². The minimum Gasteiger partial charge on any atom is -0.343 e. The molecule has 3 nitrogen and oxygen atoms in total. The van der Waals surface area contributed by atoms with E-state index in [4.69, 9.17) is 5.73 Å². The Hall–Kier alpha value is -1.00. The molecule has 4 heteroatoms. The normalized spacial score (nSPS) is 10.6. The predicted octanol–water partition coefficient (Wildman–Crippen LogP) is 2.10. The third-order valence-electron chi connectivity index (χ3n) is 2.69. The summed E-state index contributed by atoms with van der Waals surface area (Å²) in [5, 5.41) is 0. The van der Waals surface area contributed by atoms with Gasteiger partial charge >= 0.3 is 0 Å². The number of carbonyl (C=O) groups is 1. The summed E-state index contributed by atoms with van der Waals surface area (Å²) in [6.45, 7) is 4.58. The predicted molar refractivity (Wildman–Crippen MR) is 73.0 cm³/mol. The van der Waals surface area contributed by atoms with Crippen LogP contribution in [0.15, 0.2) is 29.2 Å². The van der Waals surface area contributed by atoms with E-state index in [2.05, 4.69) is 0 Å². The summed E-state index contributed by atoms with van der Waals surface area (Å²) in [4.78, 5) is 14.6. The molecule has 0 aliphatic heterocycles. The lowest BCUT2D eigenvalue weighted by Crippen LogP contribution is -2.34. The minimum absolute atomic E-state index is 0.160. The molecule has 0 aliphatic rings. The number of benzene rings is 1. The van der Waals surface area contributed by atoms with Crippen LogP contribution < -0.4 is 5.73 Å². The van der Waals surface area contributed by atoms with Gasteiger partial charge in [-0.25, -0.2) is 0 Å². The molecule has 1 amide bonds. The van der Waals surface area contributed by atoms with Gasteiger partial charge in [0, 0.05) is 24.5 Å². The molecule has 0 unspecified atom stereocenters. The van der Waals surface area contributed by atoms with E-state index in [-0.39, 0.29) is 11.9 Å². The van der Waals surface area contributed by atoms with Crippen molar-refractivity contribution in [2.75, 3.05) is 12.8 Å². The standard InChI is InChI=1S/C13H20N2OS/c1-10(2)15(3)13(16)9-17-12-6-4-11(8-14)5-7-12/h4-7,10H,8-9,14H2,1-3H3. The number of rotatable bonds is 5. The third kappa shape index (κ3) is 4.40. The highest BCUT2D eigenvalue weighted by Crippen LogP contribution is 2.18. The van der Waals surface area contributed by atoms with Gasteiger partial charge in [0.15, 0.2) is 0 Å². The van der Waals surface area contributed by atoms with Crippen LogP contribution in [0.5, 0.6) is 0 Å². The van der Waals surface area contributed by atoms with Gasteiger partial charge in [-0.3, -0.25) is 4.79 Å². The first-order valence-electron chi connectivity index (χ1n) is 5.72. The van der Waals surface area contributed by atoms with Gasteiger partial charge < -0.3 is 10.6 Å². The van der Waals surface area contributed by atoms with E-state index < -0.39 is 0 Å². The zero-order valence-electron chi connectivity index (χ0n) is 10.6. The lowest BCUT2D eigenvalue weighted by atomic mass is 10.2. The van der Waals surface area contributed by atoms with Crippen molar-refractivity contribution in [2.45, 2.75) is 31.3 Å². The molecule has 17 heavy (non-hydrogen) atoms. The zero-order chi connectivity index (χ0) is 12.8. The number of nitrogens with two attached hydrogens (primary N) is 1. The van der Waals surface area contributed by atoms with Crippen molar-refractivity contribution in [3.8, 4) is 0 Å². The average Bonchev–Trinajstić information content (AvgIpc) is 2.35. The number of hydrogen-bond donors (Lipinski definition) is 1. The second kappa shape index (κ2) is 6.67. The Morgan fingerprint density at radius 1 is 1.35 bits per heavy atom. The molecule has 1 aromatic carbocycles. The highest BCUT2D eigenvalue weighted by molar-refractivity contribution is 8.00. The quantitative estimate of drug-likeness (QED) is 0.816. The maximum atomic E-state index is 11.8. The van der Waals surface area contributed by atoms with E-state index in [1.807, 2.05) is 45.2 Å². The molecule has 0 aliphatic carbocycles. The first-order chi connectivity index (χ1) is 8.04. The highest BCUT2D eigenvalue weighted by atomic mass is 32.2. The van der Waals surface area contributed by atoms with Gasteiger partial charge in [0.1, 0.15) is 0 Å². The summed E-state index contributed by atoms with van der Waals surface area (Å²) in [6.07, 6.45) is 0. The summed E-state index contributed by atoms with van der Waals surface area (Å²) in [5.41, 5.74) is 6.64. The molecule has 94 valence electrons. The highest BCUT2D eigenvalue weighted by Gasteiger charge is 2.11. The number of amides is 1. The Kier molecular flexibility index (Phi) is 5.51. The van der Waals surface area contributed by atoms with Crippen molar-refractivity contribution >= 4 is 17.7 Å². The molecule has 0 radical (unpaired) electrons. The third-order valence-corrected chi connectivity index (χ3v) is 3.69. The molecule has 0 aromatic heterocycles. The van der Waals surface area contributed by atoms with E-state index in [0.717, 1.165) is 10.5 Å². The molecule has 0 spiro atoms. The van der Waals surface area contributed by atoms with Crippen molar-refractivity contribution in [3.05, 3.63) is 29.8 Å². The Morgan fingerprint density at radius 3 is 2.41 bits per heavy atom. The number of nitrogens with zero attached hydrogens (tertiary/aromatic N) is 1. The van der Waals surface area contributed by atoms with Gasteiger partial charge in [0.2, 0.25) is 5.91 Å². The summed E-state index contributed by atoms with van der Waals surface area (Å²) >= 11 is 1.56. The average molecular weight is 252 g/mol. The molecule has 0 heterocycles. The van der Waals surface area contributed by atoms with Crippen molar-refractivity contribution in [1.82, 2.24) is 4.90 Å². The number of hydrogen-bond acceptors (Lipinski definition) is 3. The first-order valence-corrected chi connectivity index (χ1v) is 6.70. The fraction of sp³-hybridized carbons (Fsp3) is 0.462. The van der Waals surface area contributed by atoms with Crippen LogP contribution in [0.1, 0.15) is 19.4 Å². The van der Waals surface area contributed by atoms with Crippen molar-refractivity contribution < 1.29 is 4.79 Å². The van der Waals surface area contributed by atoms with Crippen LogP contribution >= 0.6 is 11.8 Å². The van der Waals surface area contributed by atoms with Gasteiger partial charge in [0.05, 0.1) is 5.75 Å². The molecule has 0 fully saturated rings. The second-order valence-corrected chi connectivity index (χ2v) is 5.28. The number of carbonyl (C=O) groups excluding carboxylic acids is 1. The fourth-order valence-corrected chi connectivity index (χ4v) is 2.08. The largest absolute Gasteiger partial charge is 0.343 e. The lowest BCUT2D eigenvalue weighted by molar-refractivity contribution is -0.128. The monoisotopic (exact) mass is 252 g/mol. The summed E-state index contributed by atoms with van der Waals surface area (Å²) in [5.74, 6) is 0.643. The Morgan fingerprint density at radius 2 is 1.94 bits per heavy atom. The summed E-state index contributed by atoms with van der Waals surface area (Å²) in [7, 11) is 1.84. The van der Waals surface area contributed by atoms with Crippen LogP contribution in [0, 0.1) is 0 Å². The van der Waals surface area contributed by atoms with E-state index in [1.54, 1.807) is 16.7 Å². The van der Waals surface area contributed by atoms with E-state index in [1.165, 1.54) is 0 Å². The first kappa shape index (κ1) is 14.1. The molecule has 1 aromatic rings. The van der Waals surface area contributed by atoms with E-state index in [9.17, 15) is 4.79 Å². The summed E-state index contributed by atoms with van der Waals surface area (Å²) in [6, 6.07) is 8.27. The molecule has 2 N–H and O–H groups in total. The zero-order valence-corrected chi connectivity index (χ0v) is 11.5. The van der Waals surface area contributed by atoms with Crippen molar-refractivity contribution in [3.63, 3.8) is 0 Å². The molecule has 0 atom stereocenters. The smallest absolute Gasteiger partial charge is 0.232 e. The van der Waals surface area contributed by atoms with Crippen LogP contribution in [0.3, 0.4) is 0 Å². The molecule has 1 rings (SSSR count). The Labute approximate surface area is 107 Å². The molecule has 0 saturated carbocycles. The molecular formula is C13H20N2OS. The molecular weight excluding hydrogens is 232 g/mol. The van der Waals surface area contributed by atoms with E-state index in [0.29, 0.717) is 12.3 Å². The second-order valence-electron chi connectivity index (χ2n) is 4.24. The van der Waals surface area contributed by atoms with Gasteiger partial charge in [-0.15, -0.1) is 11.8 Å². The van der Waals surface area contributed by atoms with Gasteiger partial charge in [0.25, 0.3) is 0 Å². The molecule has 0 bridgehead atoms. The van der Waals surface area contributed by atoms with Gasteiger partial charge in [-0.1, -0.05) is 12.1 Å². The number of thioether (sulfide) groups is 1. The molecule has 0 saturated heterocycles. The maximum absolute atomic E-state index is 11.8. The Bertz CT molecular complexity index is 362. The van der Waals surface area contributed by atoms with Gasteiger partial charge in [-0.2, -0.15) is 0 Å². The van der Waals surface area contributed by atoms with Crippen LogP contribution in [0.4, 0.5) is 0 Å². The Balaban J connectivity index is 2.47. The topological polar surface area (TPSA) is 46.3 Å². The fourth-order valence-electron chi connectivity index (χ4n) is 1.26. The van der Waals surface area contributed by atoms with Crippen molar-refractivity contribution in [1.29, 1.82) is 0 Å². The van der Waals surface area contributed by atoms with Crippen LogP contribution in [0.2, 0.25) is 0 Å². The van der Waals surface area contributed by atoms with Crippen LogP contribution in [-0.4, -0.2) is 29.6 Å². The van der Waals surface area contributed by atoms with Gasteiger partial charge in [-0.05, 0) is 31.5 Å². The van der Waals surface area contributed by atoms with Crippen LogP contribution in [-0.2, 0) is 11.3 Å². The minimum atomic E-state index is 0.160. The lowest BCUT2D eigenvalue weighted by Gasteiger charge is -2.21. The maximum Gasteiger partial charge on any atom is 0.232 e. The SMILES string of the molecule is CC(C)N(C)C(=O)CSc1ccc(CN)cc1. The van der Waals surface area contributed by atoms with E-state index >= 15 is 0 Å². The summed E-state index contributed by atoms with van der Waals surface area (Å²) < 4.78 is 0. The van der Waals surface area contributed by atoms with Crippen molar-refractivity contribution in [2.24, 2.45) is 5.73 Å².